The number of H-pyrrole nitrogens is 1. The Morgan fingerprint density at radius 2 is 1.97 bits per heavy atom. The number of phenols is 1. The molecule has 30 heavy (non-hydrogen) atoms. The zero-order chi connectivity index (χ0) is 21.4. The van der Waals surface area contributed by atoms with Crippen molar-refractivity contribution in [1.29, 1.82) is 0 Å². The Balaban J connectivity index is 1.93. The minimum absolute atomic E-state index is 0.00256. The number of phenolic OH excluding ortho intramolecular Hbond substituents is 1. The van der Waals surface area contributed by atoms with E-state index < -0.39 is 17.7 Å². The van der Waals surface area contributed by atoms with Crippen LogP contribution in [-0.2, 0) is 9.59 Å². The van der Waals surface area contributed by atoms with Crippen molar-refractivity contribution in [2.45, 2.75) is 19.4 Å². The highest BCUT2D eigenvalue weighted by Gasteiger charge is 2.46. The van der Waals surface area contributed by atoms with Gasteiger partial charge in [0.2, 0.25) is 0 Å². The number of ether oxygens (including phenoxy) is 1. The Bertz CT molecular complexity index is 1180. The first kappa shape index (κ1) is 19.6. The number of aliphatic hydroxyl groups is 1. The predicted octanol–water partition coefficient (Wildman–Crippen LogP) is 3.71. The average Bonchev–Trinajstić information content (AvgIpc) is 3.28. The van der Waals surface area contributed by atoms with Gasteiger partial charge in [-0.05, 0) is 30.2 Å². The van der Waals surface area contributed by atoms with Gasteiger partial charge in [0.15, 0.2) is 11.5 Å². The number of nitrogens with one attached hydrogen (secondary N) is 1. The van der Waals surface area contributed by atoms with Gasteiger partial charge in [0.25, 0.3) is 11.7 Å². The highest BCUT2D eigenvalue weighted by molar-refractivity contribution is 6.46. The van der Waals surface area contributed by atoms with Gasteiger partial charge in [0.05, 0.1) is 18.7 Å². The topological polar surface area (TPSA) is 103 Å². The van der Waals surface area contributed by atoms with Crippen LogP contribution in [0.4, 0.5) is 0 Å². The van der Waals surface area contributed by atoms with Gasteiger partial charge in [-0.15, -0.1) is 0 Å². The Morgan fingerprint density at radius 1 is 1.20 bits per heavy atom. The van der Waals surface area contributed by atoms with E-state index in [1.807, 2.05) is 31.2 Å². The van der Waals surface area contributed by atoms with Gasteiger partial charge in [-0.2, -0.15) is 0 Å². The third-order valence-electron chi connectivity index (χ3n) is 5.37. The van der Waals surface area contributed by atoms with E-state index in [2.05, 4.69) is 4.98 Å². The number of nitrogens with zero attached hydrogens (tertiary/aromatic N) is 1. The lowest BCUT2D eigenvalue weighted by molar-refractivity contribution is -0.139. The first-order valence-corrected chi connectivity index (χ1v) is 9.69. The second-order valence-electron chi connectivity index (χ2n) is 7.17. The molecule has 7 nitrogen and oxygen atoms in total. The number of aliphatic hydroxyl groups excluding tert-OH is 1. The molecule has 4 rings (SSSR count). The summed E-state index contributed by atoms with van der Waals surface area (Å²) in [6.07, 6.45) is 2.26. The minimum Gasteiger partial charge on any atom is -0.507 e. The molecule has 1 aromatic heterocycles. The van der Waals surface area contributed by atoms with Crippen LogP contribution in [0.5, 0.6) is 11.5 Å². The van der Waals surface area contributed by atoms with Gasteiger partial charge >= 0.3 is 0 Å². The van der Waals surface area contributed by atoms with Crippen molar-refractivity contribution in [2.24, 2.45) is 0 Å². The van der Waals surface area contributed by atoms with Gasteiger partial charge in [0.1, 0.15) is 5.76 Å². The molecular formula is C23H22N2O5. The number of carbonyl (C=O) groups excluding carboxylic acids is 2. The van der Waals surface area contributed by atoms with Crippen molar-refractivity contribution in [1.82, 2.24) is 9.88 Å². The molecular weight excluding hydrogens is 384 g/mol. The highest BCUT2D eigenvalue weighted by atomic mass is 16.5. The molecule has 1 aliphatic heterocycles. The zero-order valence-corrected chi connectivity index (χ0v) is 16.7. The molecule has 3 N–H and O–H groups in total. The number of aromatic hydroxyl groups is 1. The fraction of sp³-hybridized carbons (Fsp3) is 0.217. The molecule has 1 aliphatic rings. The van der Waals surface area contributed by atoms with Gasteiger partial charge in [-0.25, -0.2) is 0 Å². The van der Waals surface area contributed by atoms with Crippen LogP contribution >= 0.6 is 0 Å². The Kier molecular flexibility index (Phi) is 4.95. The third kappa shape index (κ3) is 2.99. The summed E-state index contributed by atoms with van der Waals surface area (Å²) >= 11 is 0. The molecule has 1 amide bonds. The monoisotopic (exact) mass is 406 g/mol. The predicted molar refractivity (Wildman–Crippen MR) is 112 cm³/mol. The van der Waals surface area contributed by atoms with Crippen molar-refractivity contribution < 1.29 is 24.5 Å². The van der Waals surface area contributed by atoms with E-state index in [0.29, 0.717) is 24.1 Å². The van der Waals surface area contributed by atoms with Gasteiger partial charge < -0.3 is 24.8 Å². The number of hydrogen-bond donors (Lipinski definition) is 3. The van der Waals surface area contributed by atoms with E-state index in [0.717, 1.165) is 10.9 Å². The van der Waals surface area contributed by atoms with E-state index in [-0.39, 0.29) is 22.8 Å². The molecule has 3 aromatic rings. The molecule has 0 spiro atoms. The number of amides is 1. The fourth-order valence-electron chi connectivity index (χ4n) is 3.99. The summed E-state index contributed by atoms with van der Waals surface area (Å²) in [6, 6.07) is 11.3. The number of Topliss-reactive ketones (excluding diaryl/α,β-unsaturated/α-hetero) is 1. The summed E-state index contributed by atoms with van der Waals surface area (Å²) in [6.45, 7) is 2.24. The van der Waals surface area contributed by atoms with E-state index in [1.165, 1.54) is 18.1 Å². The van der Waals surface area contributed by atoms with E-state index in [1.54, 1.807) is 18.3 Å². The molecule has 1 atom stereocenters. The molecule has 1 fully saturated rings. The van der Waals surface area contributed by atoms with E-state index >= 15 is 0 Å². The number of methoxy groups -OCH3 is 1. The Morgan fingerprint density at radius 3 is 2.67 bits per heavy atom. The Hall–Kier alpha value is -3.74. The second kappa shape index (κ2) is 7.59. The van der Waals surface area contributed by atoms with Gasteiger partial charge in [0, 0.05) is 29.2 Å². The number of aromatic amines is 1. The molecule has 1 saturated heterocycles. The summed E-state index contributed by atoms with van der Waals surface area (Å²) in [5, 5.41) is 22.2. The third-order valence-corrected chi connectivity index (χ3v) is 5.37. The van der Waals surface area contributed by atoms with Crippen molar-refractivity contribution in [2.75, 3.05) is 13.7 Å². The normalized spacial score (nSPS) is 18.3. The van der Waals surface area contributed by atoms with Crippen LogP contribution in [0.1, 0.15) is 30.5 Å². The summed E-state index contributed by atoms with van der Waals surface area (Å²) in [5.41, 5.74) is 1.77. The second-order valence-corrected chi connectivity index (χ2v) is 7.17. The number of ketones is 1. The maximum Gasteiger partial charge on any atom is 0.295 e. The van der Waals surface area contributed by atoms with Crippen LogP contribution in [0.25, 0.3) is 16.7 Å². The molecule has 154 valence electrons. The number of carbonyl (C=O) groups is 2. The first-order chi connectivity index (χ1) is 14.5. The smallest absolute Gasteiger partial charge is 0.295 e. The fourth-order valence-corrected chi connectivity index (χ4v) is 3.99. The van der Waals surface area contributed by atoms with Gasteiger partial charge in [-0.3, -0.25) is 9.59 Å². The molecule has 2 heterocycles. The molecule has 1 unspecified atom stereocenters. The Labute approximate surface area is 173 Å². The number of benzene rings is 2. The van der Waals surface area contributed by atoms with Gasteiger partial charge in [-0.1, -0.05) is 31.2 Å². The quantitative estimate of drug-likeness (QED) is 0.340. The summed E-state index contributed by atoms with van der Waals surface area (Å²) in [4.78, 5) is 30.2. The number of para-hydroxylation sites is 1. The molecule has 2 aromatic carbocycles. The first-order valence-electron chi connectivity index (χ1n) is 9.69. The summed E-state index contributed by atoms with van der Waals surface area (Å²) in [5.74, 6) is -1.48. The molecule has 0 bridgehead atoms. The van der Waals surface area contributed by atoms with E-state index in [4.69, 9.17) is 4.74 Å². The van der Waals surface area contributed by atoms with Crippen molar-refractivity contribution in [3.63, 3.8) is 0 Å². The largest absolute Gasteiger partial charge is 0.507 e. The summed E-state index contributed by atoms with van der Waals surface area (Å²) < 4.78 is 5.10. The number of fused-ring (bicyclic) bond motifs is 1. The summed E-state index contributed by atoms with van der Waals surface area (Å²) in [7, 11) is 1.44. The lowest BCUT2D eigenvalue weighted by atomic mass is 9.95. The maximum absolute atomic E-state index is 12.9. The lowest BCUT2D eigenvalue weighted by Gasteiger charge is -2.25. The minimum atomic E-state index is -0.810. The van der Waals surface area contributed by atoms with Crippen LogP contribution in [0.15, 0.2) is 54.2 Å². The average molecular weight is 406 g/mol. The SMILES string of the molecule is CCCN1C(=O)C(=O)/C(=C(\O)c2c[nH]c3ccccc23)C1c1ccc(OC)c(O)c1. The number of rotatable bonds is 5. The highest BCUT2D eigenvalue weighted by Crippen LogP contribution is 2.42. The van der Waals surface area contributed by atoms with Crippen molar-refractivity contribution >= 4 is 28.4 Å². The van der Waals surface area contributed by atoms with Crippen LogP contribution in [-0.4, -0.2) is 45.4 Å². The van der Waals surface area contributed by atoms with Crippen LogP contribution in [0.3, 0.4) is 0 Å². The molecule has 0 saturated carbocycles. The van der Waals surface area contributed by atoms with Crippen molar-refractivity contribution in [3.8, 4) is 11.5 Å². The molecule has 7 heteroatoms. The van der Waals surface area contributed by atoms with E-state index in [9.17, 15) is 19.8 Å². The van der Waals surface area contributed by atoms with Crippen molar-refractivity contribution in [3.05, 3.63) is 65.4 Å². The molecule has 0 aliphatic carbocycles. The number of likely N-dealkylation sites (tertiary alicyclic amines) is 1. The van der Waals surface area contributed by atoms with Crippen LogP contribution in [0, 0.1) is 0 Å². The standard InChI is InChI=1S/C23H22N2O5/c1-3-10-25-20(13-8-9-18(30-2)17(26)11-13)19(22(28)23(25)29)21(27)15-12-24-16-7-5-4-6-14(15)16/h4-9,11-12,20,24,26-27H,3,10H2,1-2H3/b21-19-. The maximum atomic E-state index is 12.9. The number of aromatic nitrogens is 1. The zero-order valence-electron chi connectivity index (χ0n) is 16.7. The lowest BCUT2D eigenvalue weighted by Crippen LogP contribution is -2.30. The van der Waals surface area contributed by atoms with Crippen LogP contribution < -0.4 is 4.74 Å². The molecule has 0 radical (unpaired) electrons. The van der Waals surface area contributed by atoms with Crippen LogP contribution in [0.2, 0.25) is 0 Å². The number of hydrogen-bond acceptors (Lipinski definition) is 5.